The molecule has 1 aliphatic heterocycles. The van der Waals surface area contributed by atoms with Crippen LogP contribution in [-0.4, -0.2) is 25.4 Å². The van der Waals surface area contributed by atoms with Gasteiger partial charge in [0, 0.05) is 24.8 Å². The van der Waals surface area contributed by atoms with E-state index in [9.17, 15) is 19.1 Å². The predicted molar refractivity (Wildman–Crippen MR) is 131 cm³/mol. The van der Waals surface area contributed by atoms with E-state index in [0.717, 1.165) is 9.96 Å². The zero-order valence-electron chi connectivity index (χ0n) is 19.2. The highest BCUT2D eigenvalue weighted by Gasteiger charge is 2.27. The molecule has 36 heavy (non-hydrogen) atoms. The Morgan fingerprint density at radius 2 is 1.89 bits per heavy atom. The lowest BCUT2D eigenvalue weighted by atomic mass is 10.1. The van der Waals surface area contributed by atoms with Crippen LogP contribution in [0.25, 0.3) is 5.65 Å². The van der Waals surface area contributed by atoms with Gasteiger partial charge in [0.1, 0.15) is 16.6 Å². The van der Waals surface area contributed by atoms with Crippen LogP contribution < -0.4 is 15.8 Å². The third kappa shape index (κ3) is 4.13. The van der Waals surface area contributed by atoms with Crippen LogP contribution >= 0.6 is 11.6 Å². The van der Waals surface area contributed by atoms with Crippen molar-refractivity contribution in [1.29, 1.82) is 0 Å². The van der Waals surface area contributed by atoms with Gasteiger partial charge in [-0.25, -0.2) is 19.2 Å². The lowest BCUT2D eigenvalue weighted by Gasteiger charge is -2.22. The summed E-state index contributed by atoms with van der Waals surface area (Å²) in [5.41, 5.74) is 2.06. The van der Waals surface area contributed by atoms with E-state index >= 15 is 4.39 Å². The van der Waals surface area contributed by atoms with Gasteiger partial charge in [-0.15, -0.1) is 0 Å². The number of aryl methyl sites for hydroxylation is 1. The van der Waals surface area contributed by atoms with Gasteiger partial charge in [-0.1, -0.05) is 17.7 Å². The molecule has 0 amide bonds. The lowest BCUT2D eigenvalue weighted by molar-refractivity contribution is 0.0691. The number of pyridine rings is 2. The second-order valence-electron chi connectivity index (χ2n) is 8.69. The molecule has 5 rings (SSSR count). The first kappa shape index (κ1) is 23.7. The molecule has 1 atom stereocenters. The van der Waals surface area contributed by atoms with Gasteiger partial charge in [-0.05, 0) is 60.9 Å². The van der Waals surface area contributed by atoms with Crippen LogP contribution in [0.4, 0.5) is 20.3 Å². The van der Waals surface area contributed by atoms with Crippen LogP contribution in [0.3, 0.4) is 0 Å². The molecule has 0 radical (unpaired) electrons. The maximum absolute atomic E-state index is 15.3. The second kappa shape index (κ2) is 8.87. The highest BCUT2D eigenvalue weighted by atomic mass is 35.5. The van der Waals surface area contributed by atoms with E-state index in [1.54, 1.807) is 30.9 Å². The fourth-order valence-electron chi connectivity index (χ4n) is 4.44. The number of carboxylic acid groups (broad SMARTS) is 1. The number of halogens is 3. The van der Waals surface area contributed by atoms with Crippen LogP contribution in [0, 0.1) is 18.6 Å². The van der Waals surface area contributed by atoms with Crippen molar-refractivity contribution in [2.45, 2.75) is 33.0 Å². The smallest absolute Gasteiger partial charge is 0.356 e. The summed E-state index contributed by atoms with van der Waals surface area (Å²) in [5, 5.41) is 12.6. The number of hydrogen-bond acceptors (Lipinski definition) is 6. The van der Waals surface area contributed by atoms with Crippen LogP contribution in [-0.2, 0) is 13.1 Å². The van der Waals surface area contributed by atoms with Gasteiger partial charge >= 0.3 is 5.97 Å². The lowest BCUT2D eigenvalue weighted by Crippen LogP contribution is -2.27. The molecule has 4 aromatic rings. The van der Waals surface area contributed by atoms with Crippen LogP contribution in [0.1, 0.15) is 45.7 Å². The molecule has 184 valence electrons. The Bertz CT molecular complexity index is 1610. The third-order valence-electron chi connectivity index (χ3n) is 6.11. The molecular formula is C25H20ClF2N5O3. The summed E-state index contributed by atoms with van der Waals surface area (Å²) < 4.78 is 30.1. The minimum atomic E-state index is -1.26. The Kier molecular flexibility index (Phi) is 5.83. The molecule has 3 aromatic heterocycles. The van der Waals surface area contributed by atoms with Gasteiger partial charge in [-0.2, -0.15) is 4.39 Å². The normalized spacial score (nSPS) is 13.6. The highest BCUT2D eigenvalue weighted by molar-refractivity contribution is 6.29. The molecule has 0 unspecified atom stereocenters. The SMILES string of the molecule is Cc1cc([C@@H](C)Nc2ccc(Cl)nc2C(=O)O)c2nc(N3Cc4ccc(F)cc4C3)c(F)c(=O)n2c1. The second-order valence-corrected chi connectivity index (χ2v) is 9.08. The largest absolute Gasteiger partial charge is 0.476 e. The van der Waals surface area contributed by atoms with E-state index < -0.39 is 29.2 Å². The molecule has 1 aliphatic rings. The molecule has 0 saturated carbocycles. The van der Waals surface area contributed by atoms with Gasteiger partial charge in [0.05, 0.1) is 11.7 Å². The molecule has 0 spiro atoms. The molecular weight excluding hydrogens is 492 g/mol. The zero-order valence-corrected chi connectivity index (χ0v) is 20.0. The summed E-state index contributed by atoms with van der Waals surface area (Å²) >= 11 is 5.86. The van der Waals surface area contributed by atoms with E-state index in [-0.39, 0.29) is 41.1 Å². The number of carbonyl (C=O) groups is 1. The van der Waals surface area contributed by atoms with Crippen LogP contribution in [0.5, 0.6) is 0 Å². The molecule has 0 aliphatic carbocycles. The highest BCUT2D eigenvalue weighted by Crippen LogP contribution is 2.31. The number of aromatic carboxylic acids is 1. The first-order valence-corrected chi connectivity index (χ1v) is 11.4. The minimum absolute atomic E-state index is 0.0337. The van der Waals surface area contributed by atoms with Gasteiger partial charge in [0.25, 0.3) is 5.56 Å². The van der Waals surface area contributed by atoms with Gasteiger partial charge < -0.3 is 15.3 Å². The van der Waals surface area contributed by atoms with Crippen LogP contribution in [0.15, 0.2) is 47.4 Å². The van der Waals surface area contributed by atoms with Crippen molar-refractivity contribution in [3.8, 4) is 0 Å². The van der Waals surface area contributed by atoms with E-state index in [1.807, 2.05) is 0 Å². The molecule has 0 fully saturated rings. The van der Waals surface area contributed by atoms with E-state index in [1.165, 1.54) is 30.5 Å². The van der Waals surface area contributed by atoms with Crippen molar-refractivity contribution in [2.24, 2.45) is 0 Å². The number of aromatic nitrogens is 3. The van der Waals surface area contributed by atoms with Crippen molar-refractivity contribution < 1.29 is 18.7 Å². The monoisotopic (exact) mass is 511 g/mol. The number of nitrogens with zero attached hydrogens (tertiary/aromatic N) is 4. The third-order valence-corrected chi connectivity index (χ3v) is 6.32. The Balaban J connectivity index is 1.60. The molecule has 0 saturated heterocycles. The van der Waals surface area contributed by atoms with Crippen LogP contribution in [0.2, 0.25) is 5.15 Å². The van der Waals surface area contributed by atoms with E-state index in [0.29, 0.717) is 16.7 Å². The van der Waals surface area contributed by atoms with Gasteiger partial charge in [0.2, 0.25) is 5.82 Å². The Morgan fingerprint density at radius 1 is 1.14 bits per heavy atom. The number of hydrogen-bond donors (Lipinski definition) is 2. The Hall–Kier alpha value is -4.05. The van der Waals surface area contributed by atoms with Gasteiger partial charge in [-0.3, -0.25) is 9.20 Å². The number of fused-ring (bicyclic) bond motifs is 2. The fourth-order valence-corrected chi connectivity index (χ4v) is 4.59. The maximum Gasteiger partial charge on any atom is 0.356 e. The molecule has 0 bridgehead atoms. The first-order chi connectivity index (χ1) is 17.1. The fraction of sp³-hybridized carbons (Fsp3) is 0.200. The molecule has 2 N–H and O–H groups in total. The first-order valence-electron chi connectivity index (χ1n) is 11.0. The summed E-state index contributed by atoms with van der Waals surface area (Å²) in [6, 6.07) is 8.57. The number of rotatable bonds is 5. The number of nitrogens with one attached hydrogen (secondary N) is 1. The molecule has 11 heteroatoms. The van der Waals surface area contributed by atoms with Crippen molar-refractivity contribution in [3.05, 3.63) is 97.7 Å². The maximum atomic E-state index is 15.3. The zero-order chi connectivity index (χ0) is 25.7. The molecule has 4 heterocycles. The topological polar surface area (TPSA) is 99.8 Å². The predicted octanol–water partition coefficient (Wildman–Crippen LogP) is 4.72. The molecule has 8 nitrogen and oxygen atoms in total. The number of anilines is 2. The Labute approximate surface area is 208 Å². The standard InChI is InChI=1S/C25H20ClF2N5O3/c1-12-7-17(13(2)29-18-5-6-19(26)30-21(18)25(35)36)22-31-23(20(28)24(34)33(22)9-12)32-10-14-3-4-16(27)8-15(14)11-32/h3-9,13,29H,10-11H2,1-2H3,(H,35,36)/t13-/m1/s1. The Morgan fingerprint density at radius 3 is 2.64 bits per heavy atom. The summed E-state index contributed by atoms with van der Waals surface area (Å²) in [7, 11) is 0. The van der Waals surface area contributed by atoms with Crippen molar-refractivity contribution >= 4 is 34.7 Å². The van der Waals surface area contributed by atoms with Crippen molar-refractivity contribution in [1.82, 2.24) is 14.4 Å². The number of benzene rings is 1. The van der Waals surface area contributed by atoms with Gasteiger partial charge in [0.15, 0.2) is 11.5 Å². The van der Waals surface area contributed by atoms with Crippen molar-refractivity contribution in [3.63, 3.8) is 0 Å². The average molecular weight is 512 g/mol. The van der Waals surface area contributed by atoms with Crippen molar-refractivity contribution in [2.75, 3.05) is 10.2 Å². The van der Waals surface area contributed by atoms with E-state index in [2.05, 4.69) is 15.3 Å². The number of carboxylic acids is 1. The summed E-state index contributed by atoms with van der Waals surface area (Å²) in [6.07, 6.45) is 1.49. The minimum Gasteiger partial charge on any atom is -0.476 e. The summed E-state index contributed by atoms with van der Waals surface area (Å²) in [5.74, 6) is -2.79. The molecule has 1 aromatic carbocycles. The van der Waals surface area contributed by atoms with E-state index in [4.69, 9.17) is 11.6 Å². The average Bonchev–Trinajstić information content (AvgIpc) is 3.25. The summed E-state index contributed by atoms with van der Waals surface area (Å²) in [6.45, 7) is 4.01. The summed E-state index contributed by atoms with van der Waals surface area (Å²) in [4.78, 5) is 34.7. The quantitative estimate of drug-likeness (QED) is 0.374.